The number of hydrogen-bond acceptors (Lipinski definition) is 4. The van der Waals surface area contributed by atoms with Crippen molar-refractivity contribution in [1.29, 1.82) is 0 Å². The highest BCUT2D eigenvalue weighted by molar-refractivity contribution is 5.96. The number of aromatic nitrogens is 1. The van der Waals surface area contributed by atoms with Gasteiger partial charge in [0.25, 0.3) is 5.91 Å². The quantitative estimate of drug-likeness (QED) is 0.854. The number of fused-ring (bicyclic) bond motifs is 1. The van der Waals surface area contributed by atoms with E-state index in [4.69, 9.17) is 10.5 Å². The van der Waals surface area contributed by atoms with Gasteiger partial charge in [-0.1, -0.05) is 12.1 Å². The Bertz CT molecular complexity index is 685. The number of nitrogen functional groups attached to an aromatic ring is 1. The summed E-state index contributed by atoms with van der Waals surface area (Å²) in [6.07, 6.45) is 3.94. The van der Waals surface area contributed by atoms with E-state index in [1.54, 1.807) is 25.6 Å². The molecule has 0 aliphatic carbocycles. The minimum atomic E-state index is -0.0395. The van der Waals surface area contributed by atoms with Gasteiger partial charge in [-0.05, 0) is 29.7 Å². The summed E-state index contributed by atoms with van der Waals surface area (Å²) in [5.74, 6) is 0.461. The van der Waals surface area contributed by atoms with Crippen molar-refractivity contribution in [3.05, 3.63) is 53.3 Å². The summed E-state index contributed by atoms with van der Waals surface area (Å²) >= 11 is 0. The number of benzene rings is 1. The number of amides is 1. The predicted molar refractivity (Wildman–Crippen MR) is 80.1 cm³/mol. The van der Waals surface area contributed by atoms with Gasteiger partial charge in [-0.25, -0.2) is 0 Å². The van der Waals surface area contributed by atoms with E-state index in [9.17, 15) is 4.79 Å². The normalized spacial score (nSPS) is 13.7. The van der Waals surface area contributed by atoms with Gasteiger partial charge in [-0.15, -0.1) is 0 Å². The third kappa shape index (κ3) is 2.42. The number of methoxy groups -OCH3 is 1. The molecule has 108 valence electrons. The van der Waals surface area contributed by atoms with Crippen LogP contribution < -0.4 is 10.5 Å². The Morgan fingerprint density at radius 3 is 3.05 bits per heavy atom. The molecule has 1 aromatic carbocycles. The Morgan fingerprint density at radius 1 is 1.38 bits per heavy atom. The lowest BCUT2D eigenvalue weighted by Gasteiger charge is -2.30. The third-order valence-electron chi connectivity index (χ3n) is 3.82. The predicted octanol–water partition coefficient (Wildman–Crippen LogP) is 1.87. The van der Waals surface area contributed by atoms with Crippen LogP contribution in [0.2, 0.25) is 0 Å². The Labute approximate surface area is 123 Å². The molecule has 3 rings (SSSR count). The van der Waals surface area contributed by atoms with Gasteiger partial charge in [0.15, 0.2) is 0 Å². The molecule has 0 radical (unpaired) electrons. The summed E-state index contributed by atoms with van der Waals surface area (Å²) < 4.78 is 5.22. The van der Waals surface area contributed by atoms with Crippen LogP contribution in [0.3, 0.4) is 0 Å². The van der Waals surface area contributed by atoms with Crippen molar-refractivity contribution in [2.24, 2.45) is 0 Å². The number of rotatable bonds is 2. The number of anilines is 1. The van der Waals surface area contributed by atoms with E-state index >= 15 is 0 Å². The minimum Gasteiger partial charge on any atom is -0.494 e. The zero-order valence-corrected chi connectivity index (χ0v) is 11.9. The van der Waals surface area contributed by atoms with Gasteiger partial charge < -0.3 is 15.4 Å². The molecule has 0 spiro atoms. The molecular formula is C16H17N3O2. The van der Waals surface area contributed by atoms with E-state index in [-0.39, 0.29) is 5.91 Å². The van der Waals surface area contributed by atoms with E-state index < -0.39 is 0 Å². The summed E-state index contributed by atoms with van der Waals surface area (Å²) in [6, 6.07) is 7.54. The van der Waals surface area contributed by atoms with Crippen LogP contribution in [0.25, 0.3) is 0 Å². The zero-order chi connectivity index (χ0) is 14.8. The second-order valence-electron chi connectivity index (χ2n) is 5.04. The lowest BCUT2D eigenvalue weighted by atomic mass is 9.97. The molecule has 1 aliphatic rings. The molecular weight excluding hydrogens is 266 g/mol. The molecule has 0 fully saturated rings. The fourth-order valence-electron chi connectivity index (χ4n) is 2.70. The van der Waals surface area contributed by atoms with Crippen molar-refractivity contribution >= 4 is 11.6 Å². The van der Waals surface area contributed by atoms with E-state index in [2.05, 4.69) is 4.98 Å². The molecule has 0 saturated heterocycles. The van der Waals surface area contributed by atoms with Crippen molar-refractivity contribution in [2.45, 2.75) is 13.0 Å². The number of nitrogens with two attached hydrogens (primary N) is 1. The van der Waals surface area contributed by atoms with Crippen molar-refractivity contribution in [1.82, 2.24) is 9.88 Å². The molecule has 1 amide bonds. The molecule has 21 heavy (non-hydrogen) atoms. The lowest BCUT2D eigenvalue weighted by Crippen LogP contribution is -2.36. The first-order valence-corrected chi connectivity index (χ1v) is 6.84. The number of carbonyl (C=O) groups excluding carboxylic acids is 1. The lowest BCUT2D eigenvalue weighted by molar-refractivity contribution is 0.0731. The van der Waals surface area contributed by atoms with Crippen LogP contribution in [-0.4, -0.2) is 29.4 Å². The molecule has 0 bridgehead atoms. The van der Waals surface area contributed by atoms with E-state index in [0.717, 1.165) is 23.2 Å². The van der Waals surface area contributed by atoms with E-state index in [0.29, 0.717) is 24.4 Å². The molecule has 5 heteroatoms. The van der Waals surface area contributed by atoms with Crippen molar-refractivity contribution < 1.29 is 9.53 Å². The van der Waals surface area contributed by atoms with Crippen LogP contribution in [0.5, 0.6) is 5.75 Å². The van der Waals surface area contributed by atoms with Crippen LogP contribution in [-0.2, 0) is 13.0 Å². The topological polar surface area (TPSA) is 68.5 Å². The van der Waals surface area contributed by atoms with Gasteiger partial charge in [0.2, 0.25) is 0 Å². The highest BCUT2D eigenvalue weighted by atomic mass is 16.5. The second kappa shape index (κ2) is 5.44. The Hall–Kier alpha value is -2.56. The number of pyridine rings is 1. The molecule has 0 unspecified atom stereocenters. The van der Waals surface area contributed by atoms with Crippen molar-refractivity contribution in [3.8, 4) is 5.75 Å². The average Bonchev–Trinajstić information content (AvgIpc) is 2.54. The molecule has 1 aliphatic heterocycles. The Morgan fingerprint density at radius 2 is 2.24 bits per heavy atom. The molecule has 0 saturated carbocycles. The van der Waals surface area contributed by atoms with Crippen LogP contribution >= 0.6 is 0 Å². The average molecular weight is 283 g/mol. The summed E-state index contributed by atoms with van der Waals surface area (Å²) in [5.41, 5.74) is 9.61. The summed E-state index contributed by atoms with van der Waals surface area (Å²) in [4.78, 5) is 18.5. The van der Waals surface area contributed by atoms with E-state index in [1.807, 2.05) is 23.1 Å². The van der Waals surface area contributed by atoms with Crippen molar-refractivity contribution in [3.63, 3.8) is 0 Å². The van der Waals surface area contributed by atoms with Crippen LogP contribution in [0, 0.1) is 0 Å². The molecule has 2 N–H and O–H groups in total. The number of hydrogen-bond donors (Lipinski definition) is 1. The van der Waals surface area contributed by atoms with Gasteiger partial charge in [-0.3, -0.25) is 9.78 Å². The largest absolute Gasteiger partial charge is 0.494 e. The van der Waals surface area contributed by atoms with Crippen LogP contribution in [0.15, 0.2) is 36.7 Å². The van der Waals surface area contributed by atoms with Crippen molar-refractivity contribution in [2.75, 3.05) is 19.4 Å². The fourth-order valence-corrected chi connectivity index (χ4v) is 2.70. The molecule has 5 nitrogen and oxygen atoms in total. The maximum Gasteiger partial charge on any atom is 0.258 e. The summed E-state index contributed by atoms with van der Waals surface area (Å²) in [7, 11) is 1.54. The first-order chi connectivity index (χ1) is 10.2. The Kier molecular flexibility index (Phi) is 3.48. The highest BCUT2D eigenvalue weighted by Gasteiger charge is 2.24. The maximum atomic E-state index is 12.7. The zero-order valence-electron chi connectivity index (χ0n) is 11.9. The second-order valence-corrected chi connectivity index (χ2v) is 5.04. The summed E-state index contributed by atoms with van der Waals surface area (Å²) in [5, 5.41) is 0. The van der Waals surface area contributed by atoms with Crippen LogP contribution in [0.4, 0.5) is 5.69 Å². The molecule has 0 atom stereocenters. The third-order valence-corrected chi connectivity index (χ3v) is 3.82. The monoisotopic (exact) mass is 283 g/mol. The first-order valence-electron chi connectivity index (χ1n) is 6.84. The van der Waals surface area contributed by atoms with Gasteiger partial charge in [0, 0.05) is 25.0 Å². The highest BCUT2D eigenvalue weighted by Crippen LogP contribution is 2.26. The number of carbonyl (C=O) groups is 1. The van der Waals surface area contributed by atoms with Gasteiger partial charge in [-0.2, -0.15) is 0 Å². The van der Waals surface area contributed by atoms with Gasteiger partial charge in [0.05, 0.1) is 18.9 Å². The molecule has 2 aromatic rings. The minimum absolute atomic E-state index is 0.0395. The number of ether oxygens (including phenoxy) is 1. The maximum absolute atomic E-state index is 12.7. The smallest absolute Gasteiger partial charge is 0.258 e. The Balaban J connectivity index is 1.88. The van der Waals surface area contributed by atoms with Gasteiger partial charge in [0.1, 0.15) is 5.75 Å². The van der Waals surface area contributed by atoms with Crippen LogP contribution in [0.1, 0.15) is 21.5 Å². The van der Waals surface area contributed by atoms with Gasteiger partial charge >= 0.3 is 0 Å². The fraction of sp³-hybridized carbons (Fsp3) is 0.250. The molecule has 2 heterocycles. The number of nitrogens with zero attached hydrogens (tertiary/aromatic N) is 2. The standard InChI is InChI=1S/C16H17N3O2/c1-21-15-9-18-7-5-13(15)16(20)19-8-6-12-11(10-19)3-2-4-14(12)17/h2-5,7,9H,6,8,10,17H2,1H3. The van der Waals surface area contributed by atoms with E-state index in [1.165, 1.54) is 0 Å². The summed E-state index contributed by atoms with van der Waals surface area (Å²) in [6.45, 7) is 1.23. The first kappa shape index (κ1) is 13.4. The SMILES string of the molecule is COc1cnccc1C(=O)N1CCc2c(N)cccc2C1. The molecule has 1 aromatic heterocycles.